The number of nitrogens with zero attached hydrogens (tertiary/aromatic N) is 5. The van der Waals surface area contributed by atoms with E-state index in [1.54, 1.807) is 0 Å². The number of anilines is 2. The summed E-state index contributed by atoms with van der Waals surface area (Å²) in [6.07, 6.45) is 4.90. The molecule has 0 unspecified atom stereocenters. The molecule has 0 spiro atoms. The van der Waals surface area contributed by atoms with Crippen LogP contribution in [0.15, 0.2) is 66.7 Å². The van der Waals surface area contributed by atoms with Crippen molar-refractivity contribution in [1.82, 2.24) is 14.5 Å². The highest BCUT2D eigenvalue weighted by Gasteiger charge is 2.25. The predicted molar refractivity (Wildman–Crippen MR) is 127 cm³/mol. The van der Waals surface area contributed by atoms with E-state index in [9.17, 15) is 0 Å². The van der Waals surface area contributed by atoms with Gasteiger partial charge in [-0.05, 0) is 49.4 Å². The molecule has 2 fully saturated rings. The first-order chi connectivity index (χ1) is 15.4. The van der Waals surface area contributed by atoms with E-state index in [4.69, 9.17) is 9.97 Å². The predicted octanol–water partition coefficient (Wildman–Crippen LogP) is 5.29. The third kappa shape index (κ3) is 3.25. The maximum atomic E-state index is 5.16. The van der Waals surface area contributed by atoms with E-state index < -0.39 is 0 Å². The minimum Gasteiger partial charge on any atom is -0.356 e. The summed E-state index contributed by atoms with van der Waals surface area (Å²) in [7, 11) is 0. The fourth-order valence-electron chi connectivity index (χ4n) is 4.94. The molecular formula is C26H27N5. The Morgan fingerprint density at radius 2 is 1.26 bits per heavy atom. The Hall–Kier alpha value is -3.34. The van der Waals surface area contributed by atoms with Crippen LogP contribution in [0.25, 0.3) is 28.0 Å². The molecular weight excluding hydrogens is 382 g/mol. The highest BCUT2D eigenvalue weighted by Crippen LogP contribution is 2.37. The lowest BCUT2D eigenvalue weighted by atomic mass is 10.1. The van der Waals surface area contributed by atoms with Crippen molar-refractivity contribution in [3.05, 3.63) is 66.7 Å². The molecule has 0 atom stereocenters. The summed E-state index contributed by atoms with van der Waals surface area (Å²) in [6, 6.07) is 23.5. The lowest BCUT2D eigenvalue weighted by molar-refractivity contribution is 0.878. The average Bonchev–Trinajstić information content (AvgIpc) is 3.60. The topological polar surface area (TPSA) is 37.2 Å². The minimum absolute atomic E-state index is 0.877. The average molecular weight is 410 g/mol. The summed E-state index contributed by atoms with van der Waals surface area (Å²) in [5, 5.41) is 1.15. The van der Waals surface area contributed by atoms with Crippen LogP contribution in [0.5, 0.6) is 0 Å². The quantitative estimate of drug-likeness (QED) is 0.459. The van der Waals surface area contributed by atoms with Gasteiger partial charge in [0.2, 0.25) is 5.95 Å². The zero-order chi connectivity index (χ0) is 20.6. The molecule has 156 valence electrons. The van der Waals surface area contributed by atoms with E-state index in [1.807, 2.05) is 0 Å². The van der Waals surface area contributed by atoms with Crippen LogP contribution in [0.3, 0.4) is 0 Å². The molecule has 0 aliphatic carbocycles. The number of fused-ring (bicyclic) bond motifs is 1. The molecule has 2 aliphatic rings. The van der Waals surface area contributed by atoms with Gasteiger partial charge >= 0.3 is 0 Å². The van der Waals surface area contributed by atoms with Crippen molar-refractivity contribution < 1.29 is 0 Å². The van der Waals surface area contributed by atoms with E-state index in [0.29, 0.717) is 0 Å². The zero-order valence-electron chi connectivity index (χ0n) is 17.7. The molecule has 5 nitrogen and oxygen atoms in total. The van der Waals surface area contributed by atoms with Gasteiger partial charge in [-0.15, -0.1) is 0 Å². The number of rotatable bonds is 4. The van der Waals surface area contributed by atoms with Gasteiger partial charge in [0.15, 0.2) is 5.65 Å². The highest BCUT2D eigenvalue weighted by molar-refractivity contribution is 5.95. The molecule has 31 heavy (non-hydrogen) atoms. The fourth-order valence-corrected chi connectivity index (χ4v) is 4.94. The maximum absolute atomic E-state index is 5.16. The van der Waals surface area contributed by atoms with Crippen molar-refractivity contribution in [3.63, 3.8) is 0 Å². The molecule has 4 heterocycles. The number of para-hydroxylation sites is 1. The zero-order valence-corrected chi connectivity index (χ0v) is 17.7. The molecule has 2 aromatic heterocycles. The molecule has 4 aromatic rings. The molecule has 0 N–H and O–H groups in total. The summed E-state index contributed by atoms with van der Waals surface area (Å²) in [6.45, 7) is 4.23. The molecule has 2 aliphatic heterocycles. The van der Waals surface area contributed by atoms with Crippen LogP contribution >= 0.6 is 0 Å². The van der Waals surface area contributed by atoms with Gasteiger partial charge in [0.05, 0.1) is 11.1 Å². The van der Waals surface area contributed by atoms with E-state index in [1.165, 1.54) is 31.2 Å². The lowest BCUT2D eigenvalue weighted by Crippen LogP contribution is -2.24. The van der Waals surface area contributed by atoms with Crippen molar-refractivity contribution in [2.24, 2.45) is 0 Å². The summed E-state index contributed by atoms with van der Waals surface area (Å²) in [5.41, 5.74) is 4.49. The van der Waals surface area contributed by atoms with Gasteiger partial charge < -0.3 is 9.80 Å². The third-order valence-corrected chi connectivity index (χ3v) is 6.51. The van der Waals surface area contributed by atoms with Crippen LogP contribution in [0.1, 0.15) is 25.7 Å². The first-order valence-electron chi connectivity index (χ1n) is 11.4. The summed E-state index contributed by atoms with van der Waals surface area (Å²) >= 11 is 0. The molecule has 0 amide bonds. The molecule has 2 saturated heterocycles. The van der Waals surface area contributed by atoms with Crippen molar-refractivity contribution in [3.8, 4) is 16.9 Å². The molecule has 5 heteroatoms. The molecule has 0 saturated carbocycles. The Balaban J connectivity index is 1.65. The van der Waals surface area contributed by atoms with Crippen LogP contribution in [-0.4, -0.2) is 40.7 Å². The Morgan fingerprint density at radius 3 is 1.94 bits per heavy atom. The van der Waals surface area contributed by atoms with Crippen LogP contribution in [0.4, 0.5) is 11.8 Å². The van der Waals surface area contributed by atoms with E-state index in [0.717, 1.165) is 60.4 Å². The molecule has 6 rings (SSSR count). The van der Waals surface area contributed by atoms with Gasteiger partial charge in [-0.25, -0.2) is 0 Å². The Labute approximate surface area is 183 Å². The molecule has 0 radical (unpaired) electrons. The van der Waals surface area contributed by atoms with Crippen LogP contribution < -0.4 is 9.80 Å². The monoisotopic (exact) mass is 409 g/mol. The SMILES string of the molecule is c1ccc(-c2cc3c(N4CCCC4)nc(N4CCCC4)nc3n2-c2ccccc2)cc1. The Kier molecular flexibility index (Phi) is 4.59. The van der Waals surface area contributed by atoms with Gasteiger partial charge in [0.1, 0.15) is 5.82 Å². The first kappa shape index (κ1) is 18.4. The van der Waals surface area contributed by atoms with Gasteiger partial charge in [-0.2, -0.15) is 9.97 Å². The van der Waals surface area contributed by atoms with Crippen LogP contribution in [-0.2, 0) is 0 Å². The second kappa shape index (κ2) is 7.73. The second-order valence-corrected chi connectivity index (χ2v) is 8.54. The standard InChI is InChI=1S/C26H27N5/c1-3-11-20(12-4-1)23-19-22-24(29-15-7-8-16-29)27-26(30-17-9-10-18-30)28-25(22)31(23)21-13-5-2-6-14-21/h1-6,11-14,19H,7-10,15-18H2. The van der Waals surface area contributed by atoms with Crippen molar-refractivity contribution in [2.45, 2.75) is 25.7 Å². The highest BCUT2D eigenvalue weighted by atomic mass is 15.3. The summed E-state index contributed by atoms with van der Waals surface area (Å²) in [5.74, 6) is 1.97. The van der Waals surface area contributed by atoms with Crippen molar-refractivity contribution >= 4 is 22.8 Å². The number of hydrogen-bond acceptors (Lipinski definition) is 4. The number of hydrogen-bond donors (Lipinski definition) is 0. The fraction of sp³-hybridized carbons (Fsp3) is 0.308. The van der Waals surface area contributed by atoms with Gasteiger partial charge in [0, 0.05) is 31.9 Å². The van der Waals surface area contributed by atoms with E-state index in [-0.39, 0.29) is 0 Å². The van der Waals surface area contributed by atoms with Gasteiger partial charge in [0.25, 0.3) is 0 Å². The Bertz CT molecular complexity index is 1190. The first-order valence-corrected chi connectivity index (χ1v) is 11.4. The Morgan fingerprint density at radius 1 is 0.645 bits per heavy atom. The van der Waals surface area contributed by atoms with Gasteiger partial charge in [-0.3, -0.25) is 4.57 Å². The van der Waals surface area contributed by atoms with Crippen LogP contribution in [0.2, 0.25) is 0 Å². The van der Waals surface area contributed by atoms with Gasteiger partial charge in [-0.1, -0.05) is 48.5 Å². The third-order valence-electron chi connectivity index (χ3n) is 6.51. The van der Waals surface area contributed by atoms with Crippen LogP contribution in [0, 0.1) is 0 Å². The van der Waals surface area contributed by atoms with Crippen molar-refractivity contribution in [2.75, 3.05) is 36.0 Å². The number of benzene rings is 2. The normalized spacial score (nSPS) is 16.5. The number of aromatic nitrogens is 3. The summed E-state index contributed by atoms with van der Waals surface area (Å²) in [4.78, 5) is 15.1. The smallest absolute Gasteiger partial charge is 0.229 e. The van der Waals surface area contributed by atoms with E-state index >= 15 is 0 Å². The minimum atomic E-state index is 0.877. The van der Waals surface area contributed by atoms with E-state index in [2.05, 4.69) is 81.1 Å². The molecule has 0 bridgehead atoms. The second-order valence-electron chi connectivity index (χ2n) is 8.54. The summed E-state index contributed by atoms with van der Waals surface area (Å²) < 4.78 is 2.31. The maximum Gasteiger partial charge on any atom is 0.229 e. The largest absolute Gasteiger partial charge is 0.356 e. The van der Waals surface area contributed by atoms with Crippen molar-refractivity contribution in [1.29, 1.82) is 0 Å². The molecule has 2 aromatic carbocycles. The lowest BCUT2D eigenvalue weighted by Gasteiger charge is -2.22.